The third-order valence-electron chi connectivity index (χ3n) is 4.19. The maximum atomic E-state index is 11.2. The van der Waals surface area contributed by atoms with E-state index in [4.69, 9.17) is 14.5 Å². The molecule has 0 radical (unpaired) electrons. The van der Waals surface area contributed by atoms with Gasteiger partial charge in [0.2, 0.25) is 0 Å². The van der Waals surface area contributed by atoms with Crippen molar-refractivity contribution < 1.29 is 25.2 Å². The largest absolute Gasteiger partial charge is 0.380 e. The van der Waals surface area contributed by atoms with Gasteiger partial charge in [-0.2, -0.15) is 27.1 Å². The van der Waals surface area contributed by atoms with Gasteiger partial charge >= 0.3 is 20.6 Å². The summed E-state index contributed by atoms with van der Waals surface area (Å²) < 4.78 is 56.1. The van der Waals surface area contributed by atoms with Gasteiger partial charge in [-0.05, 0) is 54.4 Å². The molecule has 0 aliphatic carbocycles. The number of fused-ring (bicyclic) bond motifs is 1. The third kappa shape index (κ3) is 5.48. The second-order valence-corrected chi connectivity index (χ2v) is 8.74. The van der Waals surface area contributed by atoms with Gasteiger partial charge in [-0.1, -0.05) is 13.3 Å². The first kappa shape index (κ1) is 21.1. The second-order valence-electron chi connectivity index (χ2n) is 6.43. The Bertz CT molecular complexity index is 1230. The SMILES string of the molecule is CCCCn1c(-c2ccc(OS(N)(=O)=O)cc2)cc2ccc(OS(N)(=O)=O)cc21. The number of hydrogen-bond acceptors (Lipinski definition) is 6. The molecule has 29 heavy (non-hydrogen) atoms. The van der Waals surface area contributed by atoms with Crippen molar-refractivity contribution in [2.45, 2.75) is 26.3 Å². The highest BCUT2D eigenvalue weighted by molar-refractivity contribution is 7.85. The van der Waals surface area contributed by atoms with Gasteiger partial charge < -0.3 is 12.9 Å². The van der Waals surface area contributed by atoms with E-state index in [1.807, 2.05) is 10.6 Å². The number of aryl methyl sites for hydroxylation is 1. The molecular weight excluding hydrogens is 418 g/mol. The molecular formula is C18H21N3O6S2. The quantitative estimate of drug-likeness (QED) is 0.551. The lowest BCUT2D eigenvalue weighted by Gasteiger charge is -2.12. The molecule has 0 saturated heterocycles. The molecule has 0 spiro atoms. The summed E-state index contributed by atoms with van der Waals surface area (Å²) in [6.07, 6.45) is 1.87. The first-order chi connectivity index (χ1) is 13.6. The monoisotopic (exact) mass is 439 g/mol. The average molecular weight is 440 g/mol. The summed E-state index contributed by atoms with van der Waals surface area (Å²) in [7, 11) is -8.22. The molecule has 0 fully saturated rings. The van der Waals surface area contributed by atoms with Crippen molar-refractivity contribution in [3.8, 4) is 22.8 Å². The highest BCUT2D eigenvalue weighted by Crippen LogP contribution is 2.32. The third-order valence-corrected chi connectivity index (χ3v) is 5.04. The Labute approximate surface area is 169 Å². The molecule has 0 bridgehead atoms. The van der Waals surface area contributed by atoms with Crippen molar-refractivity contribution >= 4 is 31.5 Å². The molecule has 11 heteroatoms. The molecule has 1 aromatic heterocycles. The van der Waals surface area contributed by atoms with Crippen molar-refractivity contribution in [2.75, 3.05) is 0 Å². The van der Waals surface area contributed by atoms with Crippen LogP contribution in [0.25, 0.3) is 22.2 Å². The number of hydrogen-bond donors (Lipinski definition) is 2. The van der Waals surface area contributed by atoms with E-state index in [0.29, 0.717) is 6.54 Å². The molecule has 0 aliphatic heterocycles. The van der Waals surface area contributed by atoms with Crippen molar-refractivity contribution in [2.24, 2.45) is 10.3 Å². The highest BCUT2D eigenvalue weighted by Gasteiger charge is 2.14. The van der Waals surface area contributed by atoms with Gasteiger partial charge in [0.15, 0.2) is 0 Å². The van der Waals surface area contributed by atoms with Crippen LogP contribution in [-0.2, 0) is 27.2 Å². The molecule has 0 saturated carbocycles. The molecule has 0 aliphatic rings. The average Bonchev–Trinajstić information content (AvgIpc) is 2.95. The zero-order valence-electron chi connectivity index (χ0n) is 15.6. The van der Waals surface area contributed by atoms with Gasteiger partial charge in [-0.15, -0.1) is 0 Å². The lowest BCUT2D eigenvalue weighted by atomic mass is 10.1. The van der Waals surface area contributed by atoms with E-state index in [-0.39, 0.29) is 11.5 Å². The highest BCUT2D eigenvalue weighted by atomic mass is 32.2. The molecule has 156 valence electrons. The predicted octanol–water partition coefficient (Wildman–Crippen LogP) is 2.27. The van der Waals surface area contributed by atoms with Crippen LogP contribution in [0.5, 0.6) is 11.5 Å². The maximum absolute atomic E-state index is 11.2. The second kappa shape index (κ2) is 8.03. The Morgan fingerprint density at radius 1 is 0.862 bits per heavy atom. The van der Waals surface area contributed by atoms with Crippen LogP contribution in [0.2, 0.25) is 0 Å². The normalized spacial score (nSPS) is 12.2. The van der Waals surface area contributed by atoms with E-state index in [1.54, 1.807) is 24.3 Å². The van der Waals surface area contributed by atoms with Crippen LogP contribution in [-0.4, -0.2) is 21.4 Å². The molecule has 0 amide bonds. The van der Waals surface area contributed by atoms with E-state index < -0.39 is 20.6 Å². The molecule has 1 heterocycles. The molecule has 2 aromatic carbocycles. The number of unbranched alkanes of at least 4 members (excludes halogenated alkanes) is 1. The lowest BCUT2D eigenvalue weighted by molar-refractivity contribution is 0.486. The molecule has 0 atom stereocenters. The van der Waals surface area contributed by atoms with Crippen LogP contribution >= 0.6 is 0 Å². The van der Waals surface area contributed by atoms with Gasteiger partial charge in [0.25, 0.3) is 0 Å². The predicted molar refractivity (Wildman–Crippen MR) is 110 cm³/mol. The number of nitrogens with zero attached hydrogens (tertiary/aromatic N) is 1. The molecule has 0 unspecified atom stereocenters. The maximum Gasteiger partial charge on any atom is 0.380 e. The van der Waals surface area contributed by atoms with Gasteiger partial charge in [0, 0.05) is 23.7 Å². The van der Waals surface area contributed by atoms with Crippen LogP contribution in [0.1, 0.15) is 19.8 Å². The first-order valence-electron chi connectivity index (χ1n) is 8.74. The zero-order chi connectivity index (χ0) is 21.2. The minimum absolute atomic E-state index is 0.108. The first-order valence-corrected chi connectivity index (χ1v) is 11.7. The van der Waals surface area contributed by atoms with E-state index in [0.717, 1.165) is 35.0 Å². The van der Waals surface area contributed by atoms with Crippen molar-refractivity contribution in [1.29, 1.82) is 0 Å². The van der Waals surface area contributed by atoms with E-state index in [1.165, 1.54) is 18.2 Å². The van der Waals surface area contributed by atoms with Gasteiger partial charge in [0.05, 0.1) is 5.52 Å². The summed E-state index contributed by atoms with van der Waals surface area (Å²) in [5.41, 5.74) is 2.50. The number of benzene rings is 2. The fraction of sp³-hybridized carbons (Fsp3) is 0.222. The summed E-state index contributed by atoms with van der Waals surface area (Å²) in [6, 6.07) is 13.3. The minimum Gasteiger partial charge on any atom is -0.371 e. The van der Waals surface area contributed by atoms with Crippen molar-refractivity contribution in [1.82, 2.24) is 4.57 Å². The van der Waals surface area contributed by atoms with E-state index in [9.17, 15) is 16.8 Å². The Hall–Kier alpha value is -2.60. The summed E-state index contributed by atoms with van der Waals surface area (Å²) >= 11 is 0. The lowest BCUT2D eigenvalue weighted by Crippen LogP contribution is -2.18. The Kier molecular flexibility index (Phi) is 5.85. The van der Waals surface area contributed by atoms with Gasteiger partial charge in [0.1, 0.15) is 11.5 Å². The number of nitrogens with two attached hydrogens (primary N) is 2. The van der Waals surface area contributed by atoms with E-state index >= 15 is 0 Å². The van der Waals surface area contributed by atoms with Gasteiger partial charge in [-0.25, -0.2) is 0 Å². The molecule has 4 N–H and O–H groups in total. The Balaban J connectivity index is 2.06. The van der Waals surface area contributed by atoms with Crippen LogP contribution in [0.15, 0.2) is 48.5 Å². The standard InChI is InChI=1S/C18H21N3O6S2/c1-2-3-10-21-17(13-4-7-15(8-5-13)26-28(19,22)23)11-14-6-9-16(12-18(14)21)27-29(20,24)25/h4-9,11-12H,2-3,10H2,1H3,(H2,19,22,23)(H2,20,24,25). The number of aromatic nitrogens is 1. The molecule has 9 nitrogen and oxygen atoms in total. The summed E-state index contributed by atoms with van der Waals surface area (Å²) in [6.45, 7) is 2.77. The van der Waals surface area contributed by atoms with Crippen LogP contribution < -0.4 is 18.6 Å². The van der Waals surface area contributed by atoms with Crippen molar-refractivity contribution in [3.05, 3.63) is 48.5 Å². The zero-order valence-corrected chi connectivity index (χ0v) is 17.2. The topological polar surface area (TPSA) is 144 Å². The van der Waals surface area contributed by atoms with Gasteiger partial charge in [-0.3, -0.25) is 0 Å². The van der Waals surface area contributed by atoms with Crippen LogP contribution in [0, 0.1) is 0 Å². The van der Waals surface area contributed by atoms with Crippen LogP contribution in [0.3, 0.4) is 0 Å². The fourth-order valence-corrected chi connectivity index (χ4v) is 3.78. The Morgan fingerprint density at radius 2 is 1.45 bits per heavy atom. The number of rotatable bonds is 8. The van der Waals surface area contributed by atoms with E-state index in [2.05, 4.69) is 11.1 Å². The molecule has 3 aromatic rings. The minimum atomic E-state index is -4.12. The Morgan fingerprint density at radius 3 is 2.03 bits per heavy atom. The summed E-state index contributed by atoms with van der Waals surface area (Å²) in [5, 5.41) is 10.7. The molecule has 3 rings (SSSR count). The summed E-state index contributed by atoms with van der Waals surface area (Å²) in [5.74, 6) is 0.232. The smallest absolute Gasteiger partial charge is 0.371 e. The fourth-order valence-electron chi connectivity index (χ4n) is 3.03. The summed E-state index contributed by atoms with van der Waals surface area (Å²) in [4.78, 5) is 0. The van der Waals surface area contributed by atoms with Crippen LogP contribution in [0.4, 0.5) is 0 Å². The van der Waals surface area contributed by atoms with Crippen molar-refractivity contribution in [3.63, 3.8) is 0 Å².